The van der Waals surface area contributed by atoms with Gasteiger partial charge >= 0.3 is 0 Å². The van der Waals surface area contributed by atoms with E-state index in [0.29, 0.717) is 10.9 Å². The van der Waals surface area contributed by atoms with Gasteiger partial charge in [-0.05, 0) is 33.6 Å². The normalized spacial score (nSPS) is 11.0. The molecule has 13 heavy (non-hydrogen) atoms. The molecule has 0 amide bonds. The van der Waals surface area contributed by atoms with E-state index in [1.807, 2.05) is 11.4 Å². The summed E-state index contributed by atoms with van der Waals surface area (Å²) in [6.07, 6.45) is 0. The van der Waals surface area contributed by atoms with Gasteiger partial charge < -0.3 is 0 Å². The molecule has 0 saturated carbocycles. The Hall–Kier alpha value is 0.0700. The molecule has 0 unspecified atom stereocenters. The number of hydrogen-bond acceptors (Lipinski definition) is 1. The van der Waals surface area contributed by atoms with E-state index in [-0.39, 0.29) is 5.82 Å². The van der Waals surface area contributed by atoms with Gasteiger partial charge in [0.1, 0.15) is 5.82 Å². The molecule has 0 aliphatic carbocycles. The highest BCUT2D eigenvalue weighted by Crippen LogP contribution is 2.32. The average molecular weight is 324 g/mol. The first-order chi connectivity index (χ1) is 6.22. The molecule has 0 nitrogen and oxygen atoms in total. The lowest BCUT2D eigenvalue weighted by Crippen LogP contribution is -1.84. The number of alkyl halides is 1. The summed E-state index contributed by atoms with van der Waals surface area (Å²) in [4.78, 5) is 0. The fourth-order valence-electron chi connectivity index (χ4n) is 1.16. The van der Waals surface area contributed by atoms with E-state index in [1.54, 1.807) is 17.4 Å². The third-order valence-electron chi connectivity index (χ3n) is 1.84. The van der Waals surface area contributed by atoms with Crippen LogP contribution in [0.2, 0.25) is 0 Å². The molecule has 2 aromatic rings. The van der Waals surface area contributed by atoms with E-state index in [0.717, 1.165) is 14.6 Å². The number of rotatable bonds is 1. The molecule has 0 aliphatic heterocycles. The second-order valence-corrected chi connectivity index (χ2v) is 4.98. The number of benzene rings is 1. The monoisotopic (exact) mass is 322 g/mol. The van der Waals surface area contributed by atoms with Crippen molar-refractivity contribution in [2.45, 2.75) is 5.33 Å². The van der Waals surface area contributed by atoms with Gasteiger partial charge in [0.05, 0.1) is 0 Å². The van der Waals surface area contributed by atoms with Crippen molar-refractivity contribution in [2.24, 2.45) is 0 Å². The summed E-state index contributed by atoms with van der Waals surface area (Å²) < 4.78 is 15.4. The van der Waals surface area contributed by atoms with Gasteiger partial charge in [0.15, 0.2) is 0 Å². The topological polar surface area (TPSA) is 0 Å². The third-order valence-corrected chi connectivity index (χ3v) is 4.35. The molecule has 0 aliphatic rings. The van der Waals surface area contributed by atoms with E-state index in [4.69, 9.17) is 0 Å². The van der Waals surface area contributed by atoms with E-state index in [1.165, 1.54) is 0 Å². The zero-order valence-electron chi connectivity index (χ0n) is 6.48. The predicted molar refractivity (Wildman–Crippen MR) is 62.1 cm³/mol. The Morgan fingerprint density at radius 3 is 2.85 bits per heavy atom. The Balaban J connectivity index is 2.76. The molecule has 0 bridgehead atoms. The number of fused-ring (bicyclic) bond motifs is 1. The maximum atomic E-state index is 13.3. The highest BCUT2D eigenvalue weighted by Gasteiger charge is 2.07. The fraction of sp³-hybridized carbons (Fsp3) is 0.111. The molecule has 0 atom stereocenters. The molecule has 1 aromatic heterocycles. The van der Waals surface area contributed by atoms with E-state index in [2.05, 4.69) is 31.9 Å². The van der Waals surface area contributed by atoms with Crippen molar-refractivity contribution in [3.05, 3.63) is 33.4 Å². The van der Waals surface area contributed by atoms with Gasteiger partial charge in [-0.25, -0.2) is 4.39 Å². The predicted octanol–water partition coefficient (Wildman–Crippen LogP) is 4.70. The lowest BCUT2D eigenvalue weighted by molar-refractivity contribution is 0.620. The van der Waals surface area contributed by atoms with Crippen molar-refractivity contribution >= 4 is 53.3 Å². The van der Waals surface area contributed by atoms with Crippen LogP contribution in [0.4, 0.5) is 4.39 Å². The van der Waals surface area contributed by atoms with Crippen LogP contribution in [0.15, 0.2) is 22.0 Å². The fourth-order valence-corrected chi connectivity index (χ4v) is 3.19. The summed E-state index contributed by atoms with van der Waals surface area (Å²) in [7, 11) is 0. The van der Waals surface area contributed by atoms with Gasteiger partial charge in [-0.2, -0.15) is 0 Å². The van der Waals surface area contributed by atoms with Crippen molar-refractivity contribution in [3.8, 4) is 0 Å². The van der Waals surface area contributed by atoms with Crippen molar-refractivity contribution < 1.29 is 4.39 Å². The highest BCUT2D eigenvalue weighted by molar-refractivity contribution is 9.10. The minimum Gasteiger partial charge on any atom is -0.207 e. The first-order valence-electron chi connectivity index (χ1n) is 3.63. The zero-order valence-corrected chi connectivity index (χ0v) is 10.5. The highest BCUT2D eigenvalue weighted by atomic mass is 79.9. The van der Waals surface area contributed by atoms with Crippen LogP contribution < -0.4 is 0 Å². The quantitative estimate of drug-likeness (QED) is 0.667. The van der Waals surface area contributed by atoms with Gasteiger partial charge in [0, 0.05) is 25.3 Å². The maximum absolute atomic E-state index is 13.3. The van der Waals surface area contributed by atoms with Gasteiger partial charge in [0.2, 0.25) is 0 Å². The van der Waals surface area contributed by atoms with E-state index >= 15 is 0 Å². The van der Waals surface area contributed by atoms with Gasteiger partial charge in [-0.15, -0.1) is 11.3 Å². The van der Waals surface area contributed by atoms with Crippen molar-refractivity contribution in [1.29, 1.82) is 0 Å². The zero-order chi connectivity index (χ0) is 9.42. The Labute approximate surface area is 96.0 Å². The summed E-state index contributed by atoms with van der Waals surface area (Å²) in [6.45, 7) is 0. The van der Waals surface area contributed by atoms with Crippen LogP contribution in [-0.4, -0.2) is 0 Å². The SMILES string of the molecule is Fc1cc2c(Br)csc2cc1CBr. The molecule has 4 heteroatoms. The number of thiophene rings is 1. The molecule has 0 fully saturated rings. The summed E-state index contributed by atoms with van der Waals surface area (Å²) in [5, 5.41) is 3.49. The Kier molecular flexibility index (Phi) is 2.72. The molecule has 1 heterocycles. The summed E-state index contributed by atoms with van der Waals surface area (Å²) in [5.41, 5.74) is 0.710. The molecule has 0 radical (unpaired) electrons. The van der Waals surface area contributed by atoms with E-state index in [9.17, 15) is 4.39 Å². The molecule has 68 valence electrons. The largest absolute Gasteiger partial charge is 0.207 e. The number of halogens is 3. The van der Waals surface area contributed by atoms with Crippen molar-refractivity contribution in [2.75, 3.05) is 0 Å². The molecule has 0 spiro atoms. The van der Waals surface area contributed by atoms with Crippen LogP contribution >= 0.6 is 43.2 Å². The second-order valence-electron chi connectivity index (χ2n) is 2.66. The molecular formula is C9H5Br2FS. The van der Waals surface area contributed by atoms with Crippen LogP contribution in [0, 0.1) is 5.82 Å². The van der Waals surface area contributed by atoms with Gasteiger partial charge in [-0.1, -0.05) is 15.9 Å². The lowest BCUT2D eigenvalue weighted by Gasteiger charge is -1.98. The standard InChI is InChI=1S/C9H5Br2FS/c10-3-5-1-9-6(2-8(5)12)7(11)4-13-9/h1-2,4H,3H2. The summed E-state index contributed by atoms with van der Waals surface area (Å²) >= 11 is 8.25. The Morgan fingerprint density at radius 1 is 1.38 bits per heavy atom. The smallest absolute Gasteiger partial charge is 0.127 e. The minimum atomic E-state index is -0.150. The average Bonchev–Trinajstić information content (AvgIpc) is 2.47. The minimum absolute atomic E-state index is 0.150. The third kappa shape index (κ3) is 1.67. The number of hydrogen-bond donors (Lipinski definition) is 0. The Bertz CT molecular complexity index is 450. The lowest BCUT2D eigenvalue weighted by atomic mass is 10.2. The van der Waals surface area contributed by atoms with Gasteiger partial charge in [-0.3, -0.25) is 0 Å². The summed E-state index contributed by atoms with van der Waals surface area (Å²) in [6, 6.07) is 3.46. The van der Waals surface area contributed by atoms with Crippen LogP contribution in [0.1, 0.15) is 5.56 Å². The van der Waals surface area contributed by atoms with Crippen LogP contribution in [0.3, 0.4) is 0 Å². The molecule has 0 saturated heterocycles. The first-order valence-corrected chi connectivity index (χ1v) is 6.43. The Morgan fingerprint density at radius 2 is 2.15 bits per heavy atom. The summed E-state index contributed by atoms with van der Waals surface area (Å²) in [5.74, 6) is -0.150. The molecular weight excluding hydrogens is 319 g/mol. The van der Waals surface area contributed by atoms with Crippen molar-refractivity contribution in [3.63, 3.8) is 0 Å². The van der Waals surface area contributed by atoms with Crippen molar-refractivity contribution in [1.82, 2.24) is 0 Å². The molecule has 2 rings (SSSR count). The second kappa shape index (κ2) is 3.67. The van der Waals surface area contributed by atoms with Crippen LogP contribution in [0.25, 0.3) is 10.1 Å². The molecule has 1 aromatic carbocycles. The maximum Gasteiger partial charge on any atom is 0.127 e. The first kappa shape index (κ1) is 9.62. The van der Waals surface area contributed by atoms with E-state index < -0.39 is 0 Å². The molecule has 0 N–H and O–H groups in total. The van der Waals surface area contributed by atoms with Crippen LogP contribution in [0.5, 0.6) is 0 Å². The van der Waals surface area contributed by atoms with Crippen LogP contribution in [-0.2, 0) is 5.33 Å². The van der Waals surface area contributed by atoms with Gasteiger partial charge in [0.25, 0.3) is 0 Å².